The van der Waals surface area contributed by atoms with Crippen molar-refractivity contribution in [3.63, 3.8) is 0 Å². The van der Waals surface area contributed by atoms with Gasteiger partial charge in [-0.2, -0.15) is 0 Å². The Labute approximate surface area is 177 Å². The summed E-state index contributed by atoms with van der Waals surface area (Å²) in [5.41, 5.74) is 0.0240. The van der Waals surface area contributed by atoms with E-state index in [4.69, 9.17) is 4.74 Å². The van der Waals surface area contributed by atoms with Gasteiger partial charge in [-0.15, -0.1) is 0 Å². The molecule has 5 aliphatic carbocycles. The first kappa shape index (κ1) is 20.2. The zero-order chi connectivity index (χ0) is 20.7. The maximum absolute atomic E-state index is 13.7. The summed E-state index contributed by atoms with van der Waals surface area (Å²) in [4.78, 5) is 12.7. The molecular formula is C24H32F2N2O2. The minimum absolute atomic E-state index is 0.00676. The molecule has 0 radical (unpaired) electrons. The summed E-state index contributed by atoms with van der Waals surface area (Å²) < 4.78 is 33.3. The van der Waals surface area contributed by atoms with Gasteiger partial charge >= 0.3 is 6.03 Å². The highest BCUT2D eigenvalue weighted by Gasteiger charge is 2.51. The molecule has 4 nitrogen and oxygen atoms in total. The van der Waals surface area contributed by atoms with E-state index in [-0.39, 0.29) is 35.9 Å². The predicted octanol–water partition coefficient (Wildman–Crippen LogP) is 5.06. The maximum atomic E-state index is 13.7. The van der Waals surface area contributed by atoms with Gasteiger partial charge in [0, 0.05) is 17.1 Å². The van der Waals surface area contributed by atoms with Crippen molar-refractivity contribution >= 4 is 6.03 Å². The molecule has 1 aromatic rings. The van der Waals surface area contributed by atoms with Crippen molar-refractivity contribution in [3.05, 3.63) is 35.4 Å². The predicted molar refractivity (Wildman–Crippen MR) is 110 cm³/mol. The summed E-state index contributed by atoms with van der Waals surface area (Å²) in [5, 5.41) is 6.56. The van der Waals surface area contributed by atoms with Crippen LogP contribution in [0.5, 0.6) is 0 Å². The van der Waals surface area contributed by atoms with Crippen LogP contribution in [0.25, 0.3) is 0 Å². The summed E-state index contributed by atoms with van der Waals surface area (Å²) in [7, 11) is 0. The monoisotopic (exact) mass is 418 g/mol. The van der Waals surface area contributed by atoms with Crippen molar-refractivity contribution < 1.29 is 18.3 Å². The zero-order valence-electron chi connectivity index (χ0n) is 17.5. The van der Waals surface area contributed by atoms with Crippen LogP contribution in [-0.2, 0) is 11.3 Å². The van der Waals surface area contributed by atoms with Crippen molar-refractivity contribution in [1.29, 1.82) is 0 Å². The first-order valence-corrected chi connectivity index (χ1v) is 11.6. The molecule has 0 atom stereocenters. The molecular weight excluding hydrogens is 386 g/mol. The minimum atomic E-state index is -0.563. The fourth-order valence-corrected chi connectivity index (χ4v) is 6.97. The van der Waals surface area contributed by atoms with Crippen LogP contribution in [0.4, 0.5) is 13.6 Å². The fraction of sp³-hybridized carbons (Fsp3) is 0.708. The number of carbonyl (C=O) groups is 1. The van der Waals surface area contributed by atoms with Gasteiger partial charge in [-0.1, -0.05) is 6.07 Å². The molecule has 5 fully saturated rings. The lowest BCUT2D eigenvalue weighted by Crippen LogP contribution is -2.62. The molecule has 2 amide bonds. The molecule has 5 aliphatic rings. The highest BCUT2D eigenvalue weighted by molar-refractivity contribution is 5.75. The number of rotatable bonds is 5. The Kier molecular flexibility index (Phi) is 5.46. The molecule has 6 heteroatoms. The Balaban J connectivity index is 1.07. The van der Waals surface area contributed by atoms with Gasteiger partial charge in [0.15, 0.2) is 0 Å². The number of hydrogen-bond acceptors (Lipinski definition) is 2. The van der Waals surface area contributed by atoms with E-state index < -0.39 is 11.6 Å². The Morgan fingerprint density at radius 3 is 2.10 bits per heavy atom. The molecule has 5 saturated carbocycles. The molecule has 4 bridgehead atoms. The van der Waals surface area contributed by atoms with Crippen LogP contribution in [0.15, 0.2) is 18.2 Å². The second-order valence-electron chi connectivity index (χ2n) is 10.3. The van der Waals surface area contributed by atoms with Crippen molar-refractivity contribution in [2.45, 2.75) is 88.5 Å². The van der Waals surface area contributed by atoms with Crippen LogP contribution in [0.3, 0.4) is 0 Å². The lowest BCUT2D eigenvalue weighted by Gasteiger charge is -2.56. The Bertz CT molecular complexity index is 736. The quantitative estimate of drug-likeness (QED) is 0.702. The molecule has 0 aliphatic heterocycles. The number of nitrogens with one attached hydrogen (secondary N) is 2. The second kappa shape index (κ2) is 8.10. The average molecular weight is 419 g/mol. The van der Waals surface area contributed by atoms with E-state index in [1.54, 1.807) is 0 Å². The third kappa shape index (κ3) is 4.20. The van der Waals surface area contributed by atoms with E-state index in [2.05, 4.69) is 10.6 Å². The summed E-state index contributed by atoms with van der Waals surface area (Å²) >= 11 is 0. The average Bonchev–Trinajstić information content (AvgIpc) is 2.67. The highest BCUT2D eigenvalue weighted by atomic mass is 19.1. The highest BCUT2D eigenvalue weighted by Crippen LogP contribution is 2.55. The van der Waals surface area contributed by atoms with Crippen LogP contribution in [0.1, 0.15) is 69.8 Å². The van der Waals surface area contributed by atoms with Crippen LogP contribution >= 0.6 is 0 Å². The minimum Gasteiger partial charge on any atom is -0.373 e. The molecule has 2 N–H and O–H groups in total. The third-order valence-corrected chi connectivity index (χ3v) is 7.95. The molecule has 0 unspecified atom stereocenters. The van der Waals surface area contributed by atoms with E-state index >= 15 is 0 Å². The molecule has 0 spiro atoms. The second-order valence-corrected chi connectivity index (χ2v) is 10.3. The lowest BCUT2D eigenvalue weighted by atomic mass is 9.53. The number of urea groups is 1. The molecule has 164 valence electrons. The van der Waals surface area contributed by atoms with E-state index in [9.17, 15) is 13.6 Å². The van der Waals surface area contributed by atoms with Gasteiger partial charge in [-0.25, -0.2) is 13.6 Å². The van der Waals surface area contributed by atoms with Gasteiger partial charge in [-0.3, -0.25) is 0 Å². The van der Waals surface area contributed by atoms with Crippen LogP contribution < -0.4 is 10.6 Å². The number of halogens is 2. The van der Waals surface area contributed by atoms with E-state index in [0.29, 0.717) is 0 Å². The van der Waals surface area contributed by atoms with Gasteiger partial charge in [0.05, 0.1) is 12.7 Å². The van der Waals surface area contributed by atoms with E-state index in [1.807, 2.05) is 0 Å². The standard InChI is InChI=1S/C24H32F2N2O2/c25-21-2-1-3-22(26)20(21)14-30-19-6-4-18(5-7-19)27-23(29)28-24-11-15-8-16(12-24)10-17(9-15)13-24/h1-3,15-19H,4-14H2,(H2,27,28,29)/t15?,16?,17?,18-,19-,24?. The topological polar surface area (TPSA) is 50.4 Å². The van der Waals surface area contributed by atoms with Gasteiger partial charge in [0.2, 0.25) is 0 Å². The number of amides is 2. The van der Waals surface area contributed by atoms with E-state index in [1.165, 1.54) is 37.5 Å². The van der Waals surface area contributed by atoms with Gasteiger partial charge < -0.3 is 15.4 Å². The Morgan fingerprint density at radius 2 is 1.53 bits per heavy atom. The lowest BCUT2D eigenvalue weighted by molar-refractivity contribution is -0.0142. The fourth-order valence-electron chi connectivity index (χ4n) is 6.97. The summed E-state index contributed by atoms with van der Waals surface area (Å²) in [6.07, 6.45) is 10.8. The SMILES string of the molecule is O=C(NC12CC3CC(CC(C3)C1)C2)N[C@H]1CC[C@H](OCc2c(F)cccc2F)CC1. The molecule has 0 saturated heterocycles. The third-order valence-electron chi connectivity index (χ3n) is 7.95. The smallest absolute Gasteiger partial charge is 0.315 e. The summed E-state index contributed by atoms with van der Waals surface area (Å²) in [5.74, 6) is 1.30. The van der Waals surface area contributed by atoms with Gasteiger partial charge in [-0.05, 0) is 94.1 Å². The first-order valence-electron chi connectivity index (χ1n) is 11.6. The number of benzene rings is 1. The Morgan fingerprint density at radius 1 is 0.967 bits per heavy atom. The largest absolute Gasteiger partial charge is 0.373 e. The number of carbonyl (C=O) groups excluding carboxylic acids is 1. The molecule has 30 heavy (non-hydrogen) atoms. The van der Waals surface area contributed by atoms with Crippen LogP contribution in [0, 0.1) is 29.4 Å². The zero-order valence-corrected chi connectivity index (χ0v) is 17.5. The first-order chi connectivity index (χ1) is 14.5. The number of hydrogen-bond donors (Lipinski definition) is 2. The Hall–Kier alpha value is -1.69. The normalized spacial score (nSPS) is 37.2. The van der Waals surface area contributed by atoms with Crippen molar-refractivity contribution in [2.75, 3.05) is 0 Å². The maximum Gasteiger partial charge on any atom is 0.315 e. The molecule has 0 aromatic heterocycles. The molecule has 0 heterocycles. The molecule has 1 aromatic carbocycles. The van der Waals surface area contributed by atoms with Crippen molar-refractivity contribution in [3.8, 4) is 0 Å². The van der Waals surface area contributed by atoms with Gasteiger partial charge in [0.1, 0.15) is 11.6 Å². The van der Waals surface area contributed by atoms with Gasteiger partial charge in [0.25, 0.3) is 0 Å². The van der Waals surface area contributed by atoms with Crippen LogP contribution in [-0.4, -0.2) is 23.7 Å². The number of ether oxygens (including phenoxy) is 1. The van der Waals surface area contributed by atoms with Crippen molar-refractivity contribution in [1.82, 2.24) is 10.6 Å². The molecule has 6 rings (SSSR count). The summed E-state index contributed by atoms with van der Waals surface area (Å²) in [6.45, 7) is -0.0478. The summed E-state index contributed by atoms with van der Waals surface area (Å²) in [6, 6.07) is 3.99. The van der Waals surface area contributed by atoms with E-state index in [0.717, 1.165) is 62.7 Å². The van der Waals surface area contributed by atoms with Crippen LogP contribution in [0.2, 0.25) is 0 Å². The van der Waals surface area contributed by atoms with Crippen molar-refractivity contribution in [2.24, 2.45) is 17.8 Å².